The number of hydrogen-bond donors (Lipinski definition) is 2. The summed E-state index contributed by atoms with van der Waals surface area (Å²) in [5.41, 5.74) is 0.254. The molecular formula is C19H22Cl2N2O5S. The maximum Gasteiger partial charge on any atom is 0.261 e. The minimum absolute atomic E-state index is 0.0290. The lowest BCUT2D eigenvalue weighted by Crippen LogP contribution is -2.30. The molecule has 2 N–H and O–H groups in total. The average molecular weight is 461 g/mol. The van der Waals surface area contributed by atoms with E-state index in [0.717, 1.165) is 6.42 Å². The molecule has 0 radical (unpaired) electrons. The van der Waals surface area contributed by atoms with Crippen molar-refractivity contribution in [2.45, 2.75) is 18.2 Å². The van der Waals surface area contributed by atoms with Crippen molar-refractivity contribution in [1.82, 2.24) is 5.32 Å². The molecule has 7 nitrogen and oxygen atoms in total. The van der Waals surface area contributed by atoms with Crippen LogP contribution in [0.25, 0.3) is 0 Å². The second kappa shape index (κ2) is 11.3. The second-order valence-corrected chi connectivity index (χ2v) is 8.48. The zero-order valence-electron chi connectivity index (χ0n) is 15.8. The fraction of sp³-hybridized carbons (Fsp3) is 0.316. The molecule has 0 unspecified atom stereocenters. The van der Waals surface area contributed by atoms with Crippen LogP contribution >= 0.6 is 23.2 Å². The summed E-state index contributed by atoms with van der Waals surface area (Å²) in [7, 11) is -3.83. The highest BCUT2D eigenvalue weighted by Crippen LogP contribution is 2.25. The maximum atomic E-state index is 12.5. The smallest absolute Gasteiger partial charge is 0.261 e. The number of nitrogens with one attached hydrogen (secondary N) is 2. The summed E-state index contributed by atoms with van der Waals surface area (Å²) in [4.78, 5) is 11.8. The van der Waals surface area contributed by atoms with E-state index in [1.165, 1.54) is 42.5 Å². The molecule has 29 heavy (non-hydrogen) atoms. The Hall–Kier alpha value is -2.00. The van der Waals surface area contributed by atoms with Gasteiger partial charge in [-0.2, -0.15) is 0 Å². The predicted octanol–water partition coefficient (Wildman–Crippen LogP) is 3.72. The minimum atomic E-state index is -3.83. The molecule has 0 spiro atoms. The summed E-state index contributed by atoms with van der Waals surface area (Å²) in [6.07, 6.45) is 0.719. The summed E-state index contributed by atoms with van der Waals surface area (Å²) in [5, 5.41) is 3.34. The fourth-order valence-electron chi connectivity index (χ4n) is 2.29. The number of halogens is 2. The number of rotatable bonds is 11. The highest BCUT2D eigenvalue weighted by Gasteiger charge is 2.15. The van der Waals surface area contributed by atoms with Crippen LogP contribution in [-0.2, 0) is 19.6 Å². The molecule has 10 heteroatoms. The molecule has 0 bridgehead atoms. The largest absolute Gasteiger partial charge is 0.484 e. The van der Waals surface area contributed by atoms with Crippen LogP contribution in [0.15, 0.2) is 47.4 Å². The quantitative estimate of drug-likeness (QED) is 0.498. The van der Waals surface area contributed by atoms with Crippen LogP contribution in [0, 0.1) is 0 Å². The molecule has 0 aliphatic heterocycles. The molecule has 2 aromatic rings. The Bertz CT molecular complexity index is 900. The number of hydrogen-bond acceptors (Lipinski definition) is 5. The Morgan fingerprint density at radius 2 is 1.72 bits per heavy atom. The van der Waals surface area contributed by atoms with E-state index in [0.29, 0.717) is 35.6 Å². The van der Waals surface area contributed by atoms with E-state index in [-0.39, 0.29) is 23.1 Å². The van der Waals surface area contributed by atoms with Gasteiger partial charge in [-0.05, 0) is 55.8 Å². The molecule has 1 amide bonds. The molecule has 0 heterocycles. The van der Waals surface area contributed by atoms with Gasteiger partial charge in [0.25, 0.3) is 15.9 Å². The number of benzene rings is 2. The van der Waals surface area contributed by atoms with E-state index in [2.05, 4.69) is 10.0 Å². The van der Waals surface area contributed by atoms with Crippen molar-refractivity contribution in [2.75, 3.05) is 31.1 Å². The molecular weight excluding hydrogens is 439 g/mol. The number of anilines is 1. The van der Waals surface area contributed by atoms with Crippen LogP contribution in [0.3, 0.4) is 0 Å². The zero-order chi connectivity index (χ0) is 21.3. The van der Waals surface area contributed by atoms with E-state index in [1.807, 2.05) is 6.92 Å². The Balaban J connectivity index is 1.87. The van der Waals surface area contributed by atoms with Gasteiger partial charge in [-0.3, -0.25) is 9.52 Å². The third-order valence-corrected chi connectivity index (χ3v) is 5.44. The molecule has 0 saturated heterocycles. The number of sulfonamides is 1. The van der Waals surface area contributed by atoms with Gasteiger partial charge in [-0.25, -0.2) is 8.42 Å². The maximum absolute atomic E-state index is 12.5. The topological polar surface area (TPSA) is 93.7 Å². The van der Waals surface area contributed by atoms with Gasteiger partial charge in [0.1, 0.15) is 5.75 Å². The van der Waals surface area contributed by atoms with E-state index >= 15 is 0 Å². The molecule has 0 fully saturated rings. The lowest BCUT2D eigenvalue weighted by Gasteiger charge is -2.10. The predicted molar refractivity (Wildman–Crippen MR) is 113 cm³/mol. The van der Waals surface area contributed by atoms with Crippen molar-refractivity contribution < 1.29 is 22.7 Å². The van der Waals surface area contributed by atoms with E-state index in [1.54, 1.807) is 0 Å². The van der Waals surface area contributed by atoms with Gasteiger partial charge in [0, 0.05) is 29.8 Å². The van der Waals surface area contributed by atoms with Gasteiger partial charge >= 0.3 is 0 Å². The molecule has 0 aliphatic carbocycles. The van der Waals surface area contributed by atoms with Crippen molar-refractivity contribution in [1.29, 1.82) is 0 Å². The molecule has 0 atom stereocenters. The molecule has 0 saturated carbocycles. The van der Waals surface area contributed by atoms with Gasteiger partial charge in [0.15, 0.2) is 6.61 Å². The van der Waals surface area contributed by atoms with Crippen molar-refractivity contribution in [3.05, 3.63) is 52.5 Å². The first-order valence-corrected chi connectivity index (χ1v) is 11.1. The first kappa shape index (κ1) is 23.3. The second-order valence-electron chi connectivity index (χ2n) is 5.92. The summed E-state index contributed by atoms with van der Waals surface area (Å²) in [6.45, 7) is 3.47. The third-order valence-electron chi connectivity index (χ3n) is 3.61. The van der Waals surface area contributed by atoms with Crippen LogP contribution in [-0.4, -0.2) is 40.7 Å². The SMILES string of the molecule is CCOCCCNC(=O)COc1ccc(S(=O)(=O)Nc2cc(Cl)cc(Cl)c2)cc1. The van der Waals surface area contributed by atoms with E-state index < -0.39 is 10.0 Å². The van der Waals surface area contributed by atoms with Crippen molar-refractivity contribution in [3.8, 4) is 5.75 Å². The Labute approximate surface area is 180 Å². The zero-order valence-corrected chi connectivity index (χ0v) is 18.1. The van der Waals surface area contributed by atoms with Crippen LogP contribution < -0.4 is 14.8 Å². The van der Waals surface area contributed by atoms with Gasteiger partial charge in [0.2, 0.25) is 0 Å². The lowest BCUT2D eigenvalue weighted by molar-refractivity contribution is -0.123. The number of carbonyl (C=O) groups excluding carboxylic acids is 1. The standard InChI is InChI=1S/C19H22Cl2N2O5S/c1-2-27-9-3-8-22-19(24)13-28-17-4-6-18(7-5-17)29(25,26)23-16-11-14(20)10-15(21)12-16/h4-7,10-12,23H,2-3,8-9,13H2,1H3,(H,22,24). The molecule has 2 aromatic carbocycles. The van der Waals surface area contributed by atoms with Gasteiger partial charge in [0.05, 0.1) is 10.6 Å². The van der Waals surface area contributed by atoms with Gasteiger partial charge in [-0.15, -0.1) is 0 Å². The number of carbonyl (C=O) groups is 1. The van der Waals surface area contributed by atoms with E-state index in [9.17, 15) is 13.2 Å². The highest BCUT2D eigenvalue weighted by molar-refractivity contribution is 7.92. The van der Waals surface area contributed by atoms with Gasteiger partial charge in [-0.1, -0.05) is 23.2 Å². The monoisotopic (exact) mass is 460 g/mol. The van der Waals surface area contributed by atoms with Crippen LogP contribution in [0.1, 0.15) is 13.3 Å². The average Bonchev–Trinajstić information content (AvgIpc) is 2.65. The minimum Gasteiger partial charge on any atom is -0.484 e. The van der Waals surface area contributed by atoms with Crippen LogP contribution in [0.4, 0.5) is 5.69 Å². The molecule has 0 aromatic heterocycles. The summed E-state index contributed by atoms with van der Waals surface area (Å²) in [6, 6.07) is 10.1. The first-order valence-electron chi connectivity index (χ1n) is 8.86. The fourth-order valence-corrected chi connectivity index (χ4v) is 3.85. The lowest BCUT2D eigenvalue weighted by atomic mass is 10.3. The number of ether oxygens (including phenoxy) is 2. The summed E-state index contributed by atoms with van der Waals surface area (Å²) >= 11 is 11.8. The highest BCUT2D eigenvalue weighted by atomic mass is 35.5. The molecule has 158 valence electrons. The van der Waals surface area contributed by atoms with Crippen molar-refractivity contribution in [3.63, 3.8) is 0 Å². The summed E-state index contributed by atoms with van der Waals surface area (Å²) < 4.78 is 37.9. The van der Waals surface area contributed by atoms with Crippen LogP contribution in [0.2, 0.25) is 10.0 Å². The Morgan fingerprint density at radius 3 is 2.34 bits per heavy atom. The van der Waals surface area contributed by atoms with Gasteiger partial charge < -0.3 is 14.8 Å². The van der Waals surface area contributed by atoms with Crippen LogP contribution in [0.5, 0.6) is 5.75 Å². The normalized spacial score (nSPS) is 11.1. The first-order chi connectivity index (χ1) is 13.8. The number of amides is 1. The van der Waals surface area contributed by atoms with Crippen molar-refractivity contribution in [2.24, 2.45) is 0 Å². The van der Waals surface area contributed by atoms with Crippen molar-refractivity contribution >= 4 is 44.8 Å². The third kappa shape index (κ3) is 8.10. The van der Waals surface area contributed by atoms with E-state index in [4.69, 9.17) is 32.7 Å². The Morgan fingerprint density at radius 1 is 1.07 bits per heavy atom. The molecule has 2 rings (SSSR count). The summed E-state index contributed by atoms with van der Waals surface area (Å²) in [5.74, 6) is 0.108. The Kier molecular flexibility index (Phi) is 9.03. The molecule has 0 aliphatic rings.